The number of aliphatic hydroxyl groups excluding tert-OH is 1. The second-order valence-corrected chi connectivity index (χ2v) is 4.42. The van der Waals surface area contributed by atoms with Gasteiger partial charge in [0.2, 0.25) is 11.8 Å². The molecule has 0 aromatic heterocycles. The number of likely N-dealkylation sites (tertiary alicyclic amines) is 1. The summed E-state index contributed by atoms with van der Waals surface area (Å²) in [4.78, 5) is 24.0. The highest BCUT2D eigenvalue weighted by Crippen LogP contribution is 2.40. The predicted octanol–water partition coefficient (Wildman–Crippen LogP) is 0.399. The van der Waals surface area contributed by atoms with Crippen LogP contribution in [0.1, 0.15) is 19.3 Å². The summed E-state index contributed by atoms with van der Waals surface area (Å²) >= 11 is 0. The first-order valence-electron chi connectivity index (χ1n) is 5.30. The first kappa shape index (κ1) is 11.4. The van der Waals surface area contributed by atoms with Crippen molar-refractivity contribution in [2.75, 3.05) is 13.2 Å². The monoisotopic (exact) mass is 233 g/mol. The van der Waals surface area contributed by atoms with Gasteiger partial charge < -0.3 is 5.11 Å². The number of imide groups is 1. The van der Waals surface area contributed by atoms with Gasteiger partial charge >= 0.3 is 0 Å². The van der Waals surface area contributed by atoms with Gasteiger partial charge in [0.15, 0.2) is 0 Å². The SMILES string of the molecule is O=C1C2CCCC2C(=O)N1CC(F)(F)CO. The fourth-order valence-electron chi connectivity index (χ4n) is 2.50. The quantitative estimate of drug-likeness (QED) is 0.718. The lowest BCUT2D eigenvalue weighted by atomic mass is 10.00. The van der Waals surface area contributed by atoms with E-state index in [1.165, 1.54) is 0 Å². The number of hydrogen-bond donors (Lipinski definition) is 1. The Kier molecular flexibility index (Phi) is 2.69. The molecule has 1 aliphatic carbocycles. The summed E-state index contributed by atoms with van der Waals surface area (Å²) in [5.41, 5.74) is 0. The number of hydrogen-bond acceptors (Lipinski definition) is 3. The van der Waals surface area contributed by atoms with Crippen LogP contribution in [0.15, 0.2) is 0 Å². The number of carbonyl (C=O) groups excluding carboxylic acids is 2. The van der Waals surface area contributed by atoms with Gasteiger partial charge in [0, 0.05) is 0 Å². The number of rotatable bonds is 3. The second kappa shape index (κ2) is 3.76. The molecule has 16 heavy (non-hydrogen) atoms. The number of halogens is 2. The van der Waals surface area contributed by atoms with Crippen LogP contribution in [0, 0.1) is 11.8 Å². The lowest BCUT2D eigenvalue weighted by molar-refractivity contribution is -0.148. The molecule has 1 N–H and O–H groups in total. The van der Waals surface area contributed by atoms with Gasteiger partial charge in [0.1, 0.15) is 6.61 Å². The van der Waals surface area contributed by atoms with Crippen molar-refractivity contribution in [2.45, 2.75) is 25.2 Å². The Morgan fingerprint density at radius 3 is 2.19 bits per heavy atom. The third-order valence-electron chi connectivity index (χ3n) is 3.30. The van der Waals surface area contributed by atoms with Crippen molar-refractivity contribution in [1.82, 2.24) is 4.90 Å². The molecule has 2 aliphatic rings. The number of alkyl halides is 2. The fourth-order valence-corrected chi connectivity index (χ4v) is 2.50. The van der Waals surface area contributed by atoms with Crippen LogP contribution in [0.25, 0.3) is 0 Å². The van der Waals surface area contributed by atoms with E-state index in [9.17, 15) is 18.4 Å². The van der Waals surface area contributed by atoms with Gasteiger partial charge in [-0.15, -0.1) is 0 Å². The number of nitrogens with zero attached hydrogens (tertiary/aromatic N) is 1. The van der Waals surface area contributed by atoms with E-state index in [0.717, 1.165) is 6.42 Å². The standard InChI is InChI=1S/C10H13F2NO3/c11-10(12,5-14)4-13-8(15)6-2-1-3-7(6)9(13)16/h6-7,14H,1-5H2. The van der Waals surface area contributed by atoms with Crippen molar-refractivity contribution >= 4 is 11.8 Å². The first-order valence-corrected chi connectivity index (χ1v) is 5.30. The summed E-state index contributed by atoms with van der Waals surface area (Å²) in [6, 6.07) is 0. The maximum Gasteiger partial charge on any atom is 0.288 e. The van der Waals surface area contributed by atoms with Crippen LogP contribution in [0.3, 0.4) is 0 Å². The van der Waals surface area contributed by atoms with E-state index in [4.69, 9.17) is 5.11 Å². The fraction of sp³-hybridized carbons (Fsp3) is 0.800. The Morgan fingerprint density at radius 1 is 1.25 bits per heavy atom. The third kappa shape index (κ3) is 1.71. The molecule has 1 saturated carbocycles. The van der Waals surface area contributed by atoms with Crippen LogP contribution < -0.4 is 0 Å². The van der Waals surface area contributed by atoms with Crippen LogP contribution in [0.4, 0.5) is 8.78 Å². The molecule has 0 spiro atoms. The molecule has 1 aliphatic heterocycles. The van der Waals surface area contributed by atoms with E-state index >= 15 is 0 Å². The van der Waals surface area contributed by atoms with Crippen LogP contribution in [0.2, 0.25) is 0 Å². The maximum absolute atomic E-state index is 12.9. The van der Waals surface area contributed by atoms with Gasteiger partial charge in [0.25, 0.3) is 5.92 Å². The minimum atomic E-state index is -3.40. The van der Waals surface area contributed by atoms with Crippen LogP contribution in [0.5, 0.6) is 0 Å². The number of carbonyl (C=O) groups is 2. The average molecular weight is 233 g/mol. The second-order valence-electron chi connectivity index (χ2n) is 4.42. The highest BCUT2D eigenvalue weighted by molar-refractivity contribution is 6.05. The van der Waals surface area contributed by atoms with Crippen LogP contribution in [-0.2, 0) is 9.59 Å². The molecule has 2 atom stereocenters. The third-order valence-corrected chi connectivity index (χ3v) is 3.30. The van der Waals surface area contributed by atoms with Crippen molar-refractivity contribution in [3.05, 3.63) is 0 Å². The van der Waals surface area contributed by atoms with E-state index in [2.05, 4.69) is 0 Å². The average Bonchev–Trinajstić information content (AvgIpc) is 2.79. The molecule has 4 nitrogen and oxygen atoms in total. The molecule has 90 valence electrons. The Bertz CT molecular complexity index is 310. The molecule has 0 bridgehead atoms. The lowest BCUT2D eigenvalue weighted by Crippen LogP contribution is -2.43. The molecule has 1 saturated heterocycles. The highest BCUT2D eigenvalue weighted by Gasteiger charge is 2.51. The topological polar surface area (TPSA) is 57.6 Å². The van der Waals surface area contributed by atoms with Crippen molar-refractivity contribution < 1.29 is 23.5 Å². The zero-order chi connectivity index (χ0) is 11.9. The van der Waals surface area contributed by atoms with Crippen molar-refractivity contribution in [1.29, 1.82) is 0 Å². The number of fused-ring (bicyclic) bond motifs is 1. The van der Waals surface area contributed by atoms with E-state index in [1.807, 2.05) is 0 Å². The van der Waals surface area contributed by atoms with E-state index < -0.39 is 42.7 Å². The lowest BCUT2D eigenvalue weighted by Gasteiger charge is -2.21. The zero-order valence-corrected chi connectivity index (χ0v) is 8.66. The van der Waals surface area contributed by atoms with E-state index in [0.29, 0.717) is 17.7 Å². The van der Waals surface area contributed by atoms with Crippen molar-refractivity contribution in [2.24, 2.45) is 11.8 Å². The van der Waals surface area contributed by atoms with E-state index in [-0.39, 0.29) is 0 Å². The normalized spacial score (nSPS) is 30.1. The largest absolute Gasteiger partial charge is 0.390 e. The summed E-state index contributed by atoms with van der Waals surface area (Å²) in [6.45, 7) is -2.34. The van der Waals surface area contributed by atoms with Crippen molar-refractivity contribution in [3.8, 4) is 0 Å². The molecule has 0 aromatic carbocycles. The molecule has 0 radical (unpaired) electrons. The first-order chi connectivity index (χ1) is 7.46. The molecular formula is C10H13F2NO3. The van der Waals surface area contributed by atoms with Gasteiger partial charge in [-0.2, -0.15) is 0 Å². The number of amides is 2. The minimum Gasteiger partial charge on any atom is -0.390 e. The summed E-state index contributed by atoms with van der Waals surface area (Å²) in [7, 11) is 0. The summed E-state index contributed by atoms with van der Waals surface area (Å²) in [5.74, 6) is -5.20. The minimum absolute atomic E-state index is 0.401. The van der Waals surface area contributed by atoms with E-state index in [1.54, 1.807) is 0 Å². The predicted molar refractivity (Wildman–Crippen MR) is 49.6 cm³/mol. The molecule has 2 unspecified atom stereocenters. The zero-order valence-electron chi connectivity index (χ0n) is 8.66. The van der Waals surface area contributed by atoms with Gasteiger partial charge in [-0.3, -0.25) is 14.5 Å². The summed E-state index contributed by atoms with van der Waals surface area (Å²) in [5, 5.41) is 8.43. The summed E-state index contributed by atoms with van der Waals surface area (Å²) in [6.07, 6.45) is 2.02. The molecule has 0 aromatic rings. The van der Waals surface area contributed by atoms with Gasteiger partial charge in [-0.05, 0) is 12.8 Å². The molecule has 2 rings (SSSR count). The van der Waals surface area contributed by atoms with Crippen LogP contribution in [-0.4, -0.2) is 40.9 Å². The molecule has 2 fully saturated rings. The number of aliphatic hydroxyl groups is 1. The van der Waals surface area contributed by atoms with Crippen molar-refractivity contribution in [3.63, 3.8) is 0 Å². The Hall–Kier alpha value is -1.04. The smallest absolute Gasteiger partial charge is 0.288 e. The van der Waals surface area contributed by atoms with Gasteiger partial charge in [0.05, 0.1) is 18.4 Å². The molecule has 2 amide bonds. The van der Waals surface area contributed by atoms with Gasteiger partial charge in [-0.25, -0.2) is 8.78 Å². The Balaban J connectivity index is 2.12. The molecular weight excluding hydrogens is 220 g/mol. The highest BCUT2D eigenvalue weighted by atomic mass is 19.3. The Morgan fingerprint density at radius 2 is 1.75 bits per heavy atom. The maximum atomic E-state index is 12.9. The summed E-state index contributed by atoms with van der Waals surface area (Å²) < 4.78 is 25.9. The van der Waals surface area contributed by atoms with Crippen LogP contribution >= 0.6 is 0 Å². The molecule has 6 heteroatoms. The van der Waals surface area contributed by atoms with Gasteiger partial charge in [-0.1, -0.05) is 6.42 Å². The molecule has 1 heterocycles. The Labute approximate surface area is 91.2 Å².